The van der Waals surface area contributed by atoms with Gasteiger partial charge in [0.1, 0.15) is 17.5 Å². The average molecular weight is 522 g/mol. The molecule has 2 bridgehead atoms. The number of hydrogen-bond donors (Lipinski definition) is 3. The van der Waals surface area contributed by atoms with Crippen LogP contribution in [0.1, 0.15) is 32.1 Å². The first-order chi connectivity index (χ1) is 18.2. The molecule has 3 fully saturated rings. The lowest BCUT2D eigenvalue weighted by molar-refractivity contribution is -0.384. The maximum absolute atomic E-state index is 13.9. The Morgan fingerprint density at radius 1 is 1.11 bits per heavy atom. The van der Waals surface area contributed by atoms with Gasteiger partial charge in [0.05, 0.1) is 22.1 Å². The summed E-state index contributed by atoms with van der Waals surface area (Å²) in [6, 6.07) is 9.31. The quantitative estimate of drug-likeness (QED) is 0.222. The number of fused-ring (bicyclic) bond motifs is 4. The number of nitrogens with two attached hydrogens (primary N) is 1. The highest BCUT2D eigenvalue weighted by Gasteiger charge is 2.39. The summed E-state index contributed by atoms with van der Waals surface area (Å²) in [5, 5.41) is 20.1. The lowest BCUT2D eigenvalue weighted by Crippen LogP contribution is -2.35. The van der Waals surface area contributed by atoms with Crippen molar-refractivity contribution >= 4 is 28.4 Å². The Kier molecular flexibility index (Phi) is 6.75. The van der Waals surface area contributed by atoms with Crippen LogP contribution in [-0.2, 0) is 4.79 Å². The SMILES string of the molecule is Nc1cc(-c2cccc([N+](=O)[O-])c2)nc(-c2c[nH]c3c(F)cc(F)cc23)n1.O=C(O)C1CC2CCC1CC2. The summed E-state index contributed by atoms with van der Waals surface area (Å²) < 4.78 is 27.6. The van der Waals surface area contributed by atoms with Crippen molar-refractivity contribution in [2.45, 2.75) is 32.1 Å². The number of non-ortho nitro benzene ring substituents is 1. The smallest absolute Gasteiger partial charge is 0.306 e. The first-order valence-electron chi connectivity index (χ1n) is 12.3. The maximum Gasteiger partial charge on any atom is 0.306 e. The van der Waals surface area contributed by atoms with E-state index in [1.54, 1.807) is 6.07 Å². The van der Waals surface area contributed by atoms with Gasteiger partial charge >= 0.3 is 5.97 Å². The number of carboxylic acid groups (broad SMARTS) is 1. The second-order valence-corrected chi connectivity index (χ2v) is 9.78. The number of halogens is 2. The van der Waals surface area contributed by atoms with E-state index in [-0.39, 0.29) is 34.2 Å². The van der Waals surface area contributed by atoms with E-state index >= 15 is 0 Å². The number of nitro groups is 1. The molecule has 3 aliphatic carbocycles. The molecule has 0 aliphatic heterocycles. The summed E-state index contributed by atoms with van der Waals surface area (Å²) in [5.74, 6) is -0.510. The zero-order valence-electron chi connectivity index (χ0n) is 20.2. The minimum Gasteiger partial charge on any atom is -0.481 e. The molecule has 2 aromatic heterocycles. The number of anilines is 1. The van der Waals surface area contributed by atoms with Gasteiger partial charge in [0.2, 0.25) is 0 Å². The van der Waals surface area contributed by atoms with Crippen LogP contribution in [-0.4, -0.2) is 31.0 Å². The third kappa shape index (κ3) is 5.04. The normalized spacial score (nSPS) is 20.1. The van der Waals surface area contributed by atoms with Crippen LogP contribution >= 0.6 is 0 Å². The first kappa shape index (κ1) is 25.2. The van der Waals surface area contributed by atoms with Crippen LogP contribution in [0, 0.1) is 39.5 Å². The summed E-state index contributed by atoms with van der Waals surface area (Å²) in [4.78, 5) is 32.5. The van der Waals surface area contributed by atoms with E-state index in [1.165, 1.54) is 62.2 Å². The molecular formula is C27H25F2N5O4. The highest BCUT2D eigenvalue weighted by molar-refractivity contribution is 5.94. The Balaban J connectivity index is 0.000000222. The number of carbonyl (C=O) groups is 1. The van der Waals surface area contributed by atoms with E-state index in [0.29, 0.717) is 22.7 Å². The molecule has 1 unspecified atom stereocenters. The number of aromatic amines is 1. The molecule has 196 valence electrons. The first-order valence-corrected chi connectivity index (χ1v) is 12.3. The van der Waals surface area contributed by atoms with E-state index in [1.807, 2.05) is 0 Å². The van der Waals surface area contributed by atoms with Crippen LogP contribution in [0.25, 0.3) is 33.5 Å². The van der Waals surface area contributed by atoms with E-state index in [0.717, 1.165) is 18.4 Å². The number of carboxylic acids is 1. The summed E-state index contributed by atoms with van der Waals surface area (Å²) in [7, 11) is 0. The predicted molar refractivity (Wildman–Crippen MR) is 137 cm³/mol. The molecule has 2 aromatic carbocycles. The summed E-state index contributed by atoms with van der Waals surface area (Å²) in [6.45, 7) is 0. The van der Waals surface area contributed by atoms with E-state index in [9.17, 15) is 23.7 Å². The van der Waals surface area contributed by atoms with Gasteiger partial charge in [-0.3, -0.25) is 14.9 Å². The van der Waals surface area contributed by atoms with E-state index < -0.39 is 22.5 Å². The zero-order valence-corrected chi connectivity index (χ0v) is 20.2. The van der Waals surface area contributed by atoms with Crippen molar-refractivity contribution in [2.24, 2.45) is 17.8 Å². The van der Waals surface area contributed by atoms with Crippen LogP contribution in [0.2, 0.25) is 0 Å². The fourth-order valence-corrected chi connectivity index (χ4v) is 5.53. The number of rotatable bonds is 4. The monoisotopic (exact) mass is 521 g/mol. The van der Waals surface area contributed by atoms with Gasteiger partial charge in [0, 0.05) is 47.0 Å². The van der Waals surface area contributed by atoms with Crippen LogP contribution < -0.4 is 5.73 Å². The number of nitrogens with one attached hydrogen (secondary N) is 1. The fourth-order valence-electron chi connectivity index (χ4n) is 5.53. The fraction of sp³-hybridized carbons (Fsp3) is 0.296. The van der Waals surface area contributed by atoms with Crippen molar-refractivity contribution in [3.63, 3.8) is 0 Å². The number of nitrogen functional groups attached to an aromatic ring is 1. The number of H-pyrrole nitrogens is 1. The number of nitrogens with zero attached hydrogens (tertiary/aromatic N) is 3. The average Bonchev–Trinajstić information content (AvgIpc) is 3.33. The molecular weight excluding hydrogens is 496 g/mol. The lowest BCUT2D eigenvalue weighted by atomic mass is 9.65. The van der Waals surface area contributed by atoms with Gasteiger partial charge in [0.25, 0.3) is 5.69 Å². The molecule has 4 aromatic rings. The van der Waals surface area contributed by atoms with Crippen LogP contribution in [0.15, 0.2) is 48.7 Å². The van der Waals surface area contributed by atoms with E-state index in [2.05, 4.69) is 15.0 Å². The zero-order chi connectivity index (χ0) is 27.0. The standard InChI is InChI=1S/C18H11F2N5O2.C9H14O2/c19-10-5-12-13(8-22-17(12)14(20)6-10)18-23-15(7-16(21)24-18)9-2-1-3-11(4-9)25(26)27;10-9(11)8-5-6-1-3-7(8)4-2-6/h1-8,22H,(H2,21,23,24);6-8H,1-5H2,(H,10,11). The molecule has 2 heterocycles. The van der Waals surface area contributed by atoms with Crippen LogP contribution in [0.3, 0.4) is 0 Å². The second kappa shape index (κ2) is 10.2. The van der Waals surface area contributed by atoms with Crippen molar-refractivity contribution < 1.29 is 23.6 Å². The van der Waals surface area contributed by atoms with Gasteiger partial charge in [-0.1, -0.05) is 25.0 Å². The maximum atomic E-state index is 13.9. The van der Waals surface area contributed by atoms with Gasteiger partial charge in [-0.15, -0.1) is 0 Å². The largest absolute Gasteiger partial charge is 0.481 e. The highest BCUT2D eigenvalue weighted by atomic mass is 19.1. The van der Waals surface area contributed by atoms with Gasteiger partial charge in [-0.05, 0) is 37.2 Å². The Morgan fingerprint density at radius 2 is 1.87 bits per heavy atom. The van der Waals surface area contributed by atoms with Gasteiger partial charge in [0.15, 0.2) is 5.82 Å². The number of aromatic nitrogens is 3. The summed E-state index contributed by atoms with van der Waals surface area (Å²) in [6.07, 6.45) is 7.32. The minimum atomic E-state index is -0.737. The molecule has 38 heavy (non-hydrogen) atoms. The Morgan fingerprint density at radius 3 is 2.50 bits per heavy atom. The molecule has 0 saturated heterocycles. The second-order valence-electron chi connectivity index (χ2n) is 9.78. The Labute approximate surface area is 215 Å². The predicted octanol–water partition coefficient (Wildman–Crippen LogP) is 5.96. The molecule has 0 amide bonds. The molecule has 11 heteroatoms. The van der Waals surface area contributed by atoms with Gasteiger partial charge in [-0.25, -0.2) is 18.7 Å². The summed E-state index contributed by atoms with van der Waals surface area (Å²) in [5.41, 5.74) is 7.07. The topological polar surface area (TPSA) is 148 Å². The van der Waals surface area contributed by atoms with Crippen molar-refractivity contribution in [1.82, 2.24) is 15.0 Å². The van der Waals surface area contributed by atoms with Gasteiger partial charge < -0.3 is 15.8 Å². The molecule has 3 saturated carbocycles. The van der Waals surface area contributed by atoms with Crippen molar-refractivity contribution in [1.29, 1.82) is 0 Å². The number of benzene rings is 2. The number of hydrogen-bond acceptors (Lipinski definition) is 6. The van der Waals surface area contributed by atoms with Crippen LogP contribution in [0.4, 0.5) is 20.3 Å². The Hall–Kier alpha value is -4.41. The van der Waals surface area contributed by atoms with E-state index in [4.69, 9.17) is 10.8 Å². The highest BCUT2D eigenvalue weighted by Crippen LogP contribution is 2.44. The van der Waals surface area contributed by atoms with Crippen molar-refractivity contribution in [3.05, 3.63) is 70.4 Å². The van der Waals surface area contributed by atoms with Gasteiger partial charge in [-0.2, -0.15) is 0 Å². The third-order valence-corrected chi connectivity index (χ3v) is 7.41. The third-order valence-electron chi connectivity index (χ3n) is 7.41. The summed E-state index contributed by atoms with van der Waals surface area (Å²) >= 11 is 0. The molecule has 0 spiro atoms. The number of aliphatic carboxylic acids is 1. The molecule has 3 aliphatic rings. The molecule has 1 atom stereocenters. The van der Waals surface area contributed by atoms with Crippen LogP contribution in [0.5, 0.6) is 0 Å². The molecule has 9 nitrogen and oxygen atoms in total. The van der Waals surface area contributed by atoms with Crippen molar-refractivity contribution in [2.75, 3.05) is 5.73 Å². The molecule has 7 rings (SSSR count). The molecule has 0 radical (unpaired) electrons. The van der Waals surface area contributed by atoms with Crippen molar-refractivity contribution in [3.8, 4) is 22.6 Å². The lowest BCUT2D eigenvalue weighted by Gasteiger charge is -2.40. The Bertz CT molecular complexity index is 1530. The number of nitro benzene ring substituents is 1. The molecule has 4 N–H and O–H groups in total. The minimum absolute atomic E-state index is 0.00231.